The van der Waals surface area contributed by atoms with Gasteiger partial charge < -0.3 is 9.80 Å². The van der Waals surface area contributed by atoms with Gasteiger partial charge in [-0.2, -0.15) is 0 Å². The lowest BCUT2D eigenvalue weighted by Gasteiger charge is -2.50. The Kier molecular flexibility index (Phi) is 7.96. The highest BCUT2D eigenvalue weighted by Gasteiger charge is 2.58. The Morgan fingerprint density at radius 3 is 2.02 bits per heavy atom. The van der Waals surface area contributed by atoms with Crippen molar-refractivity contribution in [3.63, 3.8) is 0 Å². The van der Waals surface area contributed by atoms with Gasteiger partial charge in [0.15, 0.2) is 0 Å². The number of hydrogen-bond donors (Lipinski definition) is 0. The van der Waals surface area contributed by atoms with Gasteiger partial charge in [0.2, 0.25) is 0 Å². The van der Waals surface area contributed by atoms with Gasteiger partial charge in [0, 0.05) is 43.8 Å². The first kappa shape index (κ1) is 38.6. The average Bonchev–Trinajstić information content (AvgIpc) is 3.85. The molecule has 0 spiro atoms. The number of fused-ring (bicyclic) bond motifs is 11. The largest absolute Gasteiger partial charge is 0.334 e. The van der Waals surface area contributed by atoms with Crippen LogP contribution < -0.4 is 25.5 Å². The molecule has 3 aliphatic heterocycles. The molecule has 4 heterocycles. The SMILES string of the molecule is CC(C)(C)c1ccc(N2c3ccccc3B3c4sc5cc6c(cc5c4-c4cc(N5c7ccccc7C7(C)CCCCC57C)cc2c43)C(C)(C)CCC6(C)C)c(-c2ccccc2)c1. The molecule has 1 saturated carbocycles. The Labute approximate surface area is 374 Å². The normalized spacial score (nSPS) is 22.5. The minimum absolute atomic E-state index is 0.0116. The summed E-state index contributed by atoms with van der Waals surface area (Å²) in [5.41, 5.74) is 21.1. The summed E-state index contributed by atoms with van der Waals surface area (Å²) < 4.78 is 2.96. The fourth-order valence-corrected chi connectivity index (χ4v) is 14.4. The van der Waals surface area contributed by atoms with Crippen LogP contribution in [0.2, 0.25) is 0 Å². The maximum absolute atomic E-state index is 2.81. The second kappa shape index (κ2) is 12.8. The second-order valence-corrected chi connectivity index (χ2v) is 23.4. The third-order valence-corrected chi connectivity index (χ3v) is 18.1. The third kappa shape index (κ3) is 5.11. The van der Waals surface area contributed by atoms with E-state index in [0.29, 0.717) is 0 Å². The smallest absolute Gasteiger partial charge is 0.260 e. The summed E-state index contributed by atoms with van der Waals surface area (Å²) >= 11 is 2.07. The first-order valence-electron chi connectivity index (χ1n) is 23.4. The maximum atomic E-state index is 2.81. The van der Waals surface area contributed by atoms with Gasteiger partial charge in [-0.15, -0.1) is 11.3 Å². The van der Waals surface area contributed by atoms with Gasteiger partial charge in [0.1, 0.15) is 0 Å². The highest BCUT2D eigenvalue weighted by molar-refractivity contribution is 7.34. The third-order valence-electron chi connectivity index (χ3n) is 16.8. The van der Waals surface area contributed by atoms with E-state index in [1.807, 2.05) is 0 Å². The van der Waals surface area contributed by atoms with E-state index >= 15 is 0 Å². The summed E-state index contributed by atoms with van der Waals surface area (Å²) in [6.07, 6.45) is 7.37. The van der Waals surface area contributed by atoms with Crippen molar-refractivity contribution < 1.29 is 0 Å². The van der Waals surface area contributed by atoms with Gasteiger partial charge >= 0.3 is 0 Å². The van der Waals surface area contributed by atoms with Crippen molar-refractivity contribution in [2.24, 2.45) is 0 Å². The van der Waals surface area contributed by atoms with Crippen molar-refractivity contribution in [2.45, 2.75) is 128 Å². The summed E-state index contributed by atoms with van der Waals surface area (Å²) in [5, 5.41) is 1.45. The molecule has 0 bridgehead atoms. The molecule has 7 aromatic rings. The van der Waals surface area contributed by atoms with E-state index in [0.717, 1.165) is 0 Å². The molecule has 310 valence electrons. The molecule has 4 heteroatoms. The Bertz CT molecular complexity index is 3020. The maximum Gasteiger partial charge on any atom is 0.260 e. The van der Waals surface area contributed by atoms with E-state index in [1.165, 1.54) is 126 Å². The number of hydrogen-bond acceptors (Lipinski definition) is 3. The van der Waals surface area contributed by atoms with Crippen LogP contribution in [-0.4, -0.2) is 12.3 Å². The van der Waals surface area contributed by atoms with Crippen molar-refractivity contribution in [1.82, 2.24) is 0 Å². The molecule has 1 aromatic heterocycles. The van der Waals surface area contributed by atoms with Crippen molar-refractivity contribution in [3.05, 3.63) is 144 Å². The lowest BCUT2D eigenvalue weighted by atomic mass is 9.39. The Balaban J connectivity index is 1.19. The number of nitrogens with zero attached hydrogens (tertiary/aromatic N) is 2. The molecule has 0 radical (unpaired) electrons. The molecular weight excluding hydrogens is 768 g/mol. The summed E-state index contributed by atoms with van der Waals surface area (Å²) in [6, 6.07) is 47.7. The molecule has 62 heavy (non-hydrogen) atoms. The molecule has 0 N–H and O–H groups in total. The average molecular weight is 827 g/mol. The zero-order valence-corrected chi connectivity index (χ0v) is 39.0. The highest BCUT2D eigenvalue weighted by atomic mass is 32.1. The summed E-state index contributed by atoms with van der Waals surface area (Å²) in [4.78, 5) is 5.48. The van der Waals surface area contributed by atoms with E-state index in [1.54, 1.807) is 11.1 Å². The Hall–Kier alpha value is -5.06. The molecule has 5 aliphatic rings. The quantitative estimate of drug-likeness (QED) is 0.164. The standard InChI is InChI=1S/C58H59BN2S/c1-54(2,3)37-25-26-46(39(31-37)36-19-11-10-12-20-36)60-48-24-16-14-22-45(48)59-52-41(51-40-34-43-44(35-50(40)62-53(51)59)56(6,7)30-29-55(43,4)5)32-38(33-49(52)60)61-47-23-15-13-21-42(47)57(8)27-17-18-28-58(57,61)9/h10-16,19-26,31-35H,17-18,27-30H2,1-9H3. The number of thiophene rings is 1. The summed E-state index contributed by atoms with van der Waals surface area (Å²) in [5.74, 6) is 0. The van der Waals surface area contributed by atoms with Crippen molar-refractivity contribution in [3.8, 4) is 22.3 Å². The van der Waals surface area contributed by atoms with Crippen LogP contribution >= 0.6 is 11.3 Å². The van der Waals surface area contributed by atoms with Gasteiger partial charge in [0.05, 0.1) is 11.2 Å². The fraction of sp³-hybridized carbons (Fsp3) is 0.345. The first-order valence-corrected chi connectivity index (χ1v) is 24.2. The molecule has 2 nitrogen and oxygen atoms in total. The van der Waals surface area contributed by atoms with Crippen LogP contribution in [0, 0.1) is 0 Å². The zero-order chi connectivity index (χ0) is 42.7. The number of benzene rings is 6. The molecule has 0 saturated heterocycles. The van der Waals surface area contributed by atoms with E-state index in [9.17, 15) is 0 Å². The number of anilines is 5. The van der Waals surface area contributed by atoms with Crippen LogP contribution in [0.15, 0.2) is 121 Å². The second-order valence-electron chi connectivity index (χ2n) is 22.3. The van der Waals surface area contributed by atoms with Gasteiger partial charge in [-0.05, 0) is 152 Å². The van der Waals surface area contributed by atoms with Crippen LogP contribution in [0.25, 0.3) is 32.3 Å². The Morgan fingerprint density at radius 1 is 0.581 bits per heavy atom. The Morgan fingerprint density at radius 2 is 1.26 bits per heavy atom. The highest BCUT2D eigenvalue weighted by Crippen LogP contribution is 2.62. The van der Waals surface area contributed by atoms with Gasteiger partial charge in [-0.1, -0.05) is 141 Å². The molecular formula is C58H59BN2S. The summed E-state index contributed by atoms with van der Waals surface area (Å²) in [6.45, 7) is 22.2. The van der Waals surface area contributed by atoms with E-state index in [2.05, 4.69) is 205 Å². The molecule has 6 aromatic carbocycles. The van der Waals surface area contributed by atoms with Crippen LogP contribution in [0.5, 0.6) is 0 Å². The monoisotopic (exact) mass is 826 g/mol. The zero-order valence-electron chi connectivity index (χ0n) is 38.2. The number of para-hydroxylation sites is 2. The molecule has 0 amide bonds. The van der Waals surface area contributed by atoms with E-state index < -0.39 is 0 Å². The predicted octanol–water partition coefficient (Wildman–Crippen LogP) is 14.2. The van der Waals surface area contributed by atoms with Crippen LogP contribution in [-0.2, 0) is 21.7 Å². The van der Waals surface area contributed by atoms with Crippen molar-refractivity contribution in [2.75, 3.05) is 9.80 Å². The van der Waals surface area contributed by atoms with Gasteiger partial charge in [-0.3, -0.25) is 0 Å². The minimum Gasteiger partial charge on any atom is -0.334 e. The molecule has 12 rings (SSSR count). The summed E-state index contributed by atoms with van der Waals surface area (Å²) in [7, 11) is 0. The predicted molar refractivity (Wildman–Crippen MR) is 269 cm³/mol. The van der Waals surface area contributed by atoms with E-state index in [4.69, 9.17) is 0 Å². The van der Waals surface area contributed by atoms with Crippen LogP contribution in [0.4, 0.5) is 28.4 Å². The lowest BCUT2D eigenvalue weighted by Crippen LogP contribution is -2.55. The minimum atomic E-state index is -0.0525. The molecule has 2 unspecified atom stereocenters. The number of rotatable bonds is 3. The van der Waals surface area contributed by atoms with Gasteiger partial charge in [-0.25, -0.2) is 0 Å². The molecule has 2 aliphatic carbocycles. The molecule has 2 atom stereocenters. The molecule has 1 fully saturated rings. The van der Waals surface area contributed by atoms with E-state index in [-0.39, 0.29) is 33.9 Å². The first-order chi connectivity index (χ1) is 29.6. The van der Waals surface area contributed by atoms with Gasteiger partial charge in [0.25, 0.3) is 6.71 Å². The fourth-order valence-electron chi connectivity index (χ4n) is 13.0. The van der Waals surface area contributed by atoms with Crippen LogP contribution in [0.3, 0.4) is 0 Å². The lowest BCUT2D eigenvalue weighted by molar-refractivity contribution is 0.195. The van der Waals surface area contributed by atoms with Crippen LogP contribution in [0.1, 0.15) is 123 Å². The topological polar surface area (TPSA) is 6.48 Å². The van der Waals surface area contributed by atoms with Crippen molar-refractivity contribution in [1.29, 1.82) is 0 Å². The van der Waals surface area contributed by atoms with Crippen molar-refractivity contribution >= 4 is 72.3 Å².